The summed E-state index contributed by atoms with van der Waals surface area (Å²) in [7, 11) is 0. The molecular weight excluding hydrogens is 226 g/mol. The van der Waals surface area contributed by atoms with Crippen molar-refractivity contribution < 1.29 is 0 Å². The molecule has 0 aliphatic rings. The maximum atomic E-state index is 4.72. The summed E-state index contributed by atoms with van der Waals surface area (Å²) in [5.41, 5.74) is 7.91. The minimum absolute atomic E-state index is 1.02. The fourth-order valence-electron chi connectivity index (χ4n) is 2.19. The Bertz CT molecular complexity index is 526. The molecule has 0 bridgehead atoms. The lowest BCUT2D eigenvalue weighted by Crippen LogP contribution is -1.95. The number of hydrogen-bond acceptors (Lipinski definition) is 2. The predicted molar refractivity (Wildman–Crippen MR) is 75.9 cm³/mol. The first-order valence-electron chi connectivity index (χ1n) is 6.06. The molecule has 0 aliphatic heterocycles. The quantitative estimate of drug-likeness (QED) is 0.753. The van der Waals surface area contributed by atoms with E-state index in [2.05, 4.69) is 46.1 Å². The van der Waals surface area contributed by atoms with Crippen molar-refractivity contribution in [1.82, 2.24) is 4.98 Å². The molecule has 0 saturated heterocycles. The average molecular weight is 245 g/mol. The van der Waals surface area contributed by atoms with Gasteiger partial charge < -0.3 is 0 Å². The molecule has 1 heterocycles. The molecule has 2 heteroatoms. The van der Waals surface area contributed by atoms with Gasteiger partial charge in [0.1, 0.15) is 0 Å². The van der Waals surface area contributed by atoms with E-state index >= 15 is 0 Å². The summed E-state index contributed by atoms with van der Waals surface area (Å²) < 4.78 is 0. The zero-order valence-electron chi connectivity index (χ0n) is 11.2. The van der Waals surface area contributed by atoms with E-state index in [-0.39, 0.29) is 0 Å². The molecule has 1 aromatic heterocycles. The molecule has 2 aromatic rings. The van der Waals surface area contributed by atoms with Crippen LogP contribution in [0.3, 0.4) is 0 Å². The standard InChI is InChI=1S/C15H19NS/c1-6-14-16-13(8-17-14)15-11(4)9(2)7-10(3)12(15)5/h7-8H,6H2,1-5H3. The van der Waals surface area contributed by atoms with E-state index in [1.54, 1.807) is 11.3 Å². The van der Waals surface area contributed by atoms with Crippen molar-refractivity contribution >= 4 is 11.3 Å². The van der Waals surface area contributed by atoms with Crippen molar-refractivity contribution in [2.45, 2.75) is 41.0 Å². The van der Waals surface area contributed by atoms with E-state index in [4.69, 9.17) is 4.98 Å². The van der Waals surface area contributed by atoms with Crippen LogP contribution in [0, 0.1) is 27.7 Å². The molecule has 0 spiro atoms. The van der Waals surface area contributed by atoms with E-state index in [1.807, 2.05) is 0 Å². The molecule has 90 valence electrons. The first-order valence-corrected chi connectivity index (χ1v) is 6.94. The van der Waals surface area contributed by atoms with Gasteiger partial charge in [0.15, 0.2) is 0 Å². The summed E-state index contributed by atoms with van der Waals surface area (Å²) >= 11 is 1.76. The number of thiazole rings is 1. The molecule has 0 N–H and O–H groups in total. The number of benzene rings is 1. The maximum absolute atomic E-state index is 4.72. The lowest BCUT2D eigenvalue weighted by atomic mass is 9.93. The van der Waals surface area contributed by atoms with Gasteiger partial charge in [-0.05, 0) is 56.4 Å². The Labute approximate surface area is 108 Å². The van der Waals surface area contributed by atoms with E-state index in [0.29, 0.717) is 0 Å². The van der Waals surface area contributed by atoms with Crippen LogP contribution in [0.5, 0.6) is 0 Å². The van der Waals surface area contributed by atoms with E-state index in [0.717, 1.165) is 12.1 Å². The van der Waals surface area contributed by atoms with Crippen LogP contribution >= 0.6 is 11.3 Å². The van der Waals surface area contributed by atoms with Gasteiger partial charge in [0.05, 0.1) is 10.7 Å². The van der Waals surface area contributed by atoms with Crippen LogP contribution in [0.2, 0.25) is 0 Å². The number of aromatic nitrogens is 1. The highest BCUT2D eigenvalue weighted by Crippen LogP contribution is 2.32. The number of rotatable bonds is 2. The third kappa shape index (κ3) is 2.14. The third-order valence-corrected chi connectivity index (χ3v) is 4.47. The third-order valence-electron chi connectivity index (χ3n) is 3.48. The number of hydrogen-bond donors (Lipinski definition) is 0. The van der Waals surface area contributed by atoms with Gasteiger partial charge in [-0.1, -0.05) is 13.0 Å². The number of nitrogens with zero attached hydrogens (tertiary/aromatic N) is 1. The molecule has 0 aliphatic carbocycles. The minimum Gasteiger partial charge on any atom is -0.241 e. The zero-order chi connectivity index (χ0) is 12.6. The Morgan fingerprint density at radius 2 is 1.65 bits per heavy atom. The van der Waals surface area contributed by atoms with Gasteiger partial charge in [-0.15, -0.1) is 11.3 Å². The molecule has 17 heavy (non-hydrogen) atoms. The topological polar surface area (TPSA) is 12.9 Å². The normalized spacial score (nSPS) is 10.9. The predicted octanol–water partition coefficient (Wildman–Crippen LogP) is 4.61. The molecule has 1 nitrogen and oxygen atoms in total. The van der Waals surface area contributed by atoms with Gasteiger partial charge in [0.25, 0.3) is 0 Å². The molecule has 0 amide bonds. The van der Waals surface area contributed by atoms with Crippen LogP contribution in [-0.4, -0.2) is 4.98 Å². The van der Waals surface area contributed by atoms with Crippen LogP contribution in [0.4, 0.5) is 0 Å². The largest absolute Gasteiger partial charge is 0.241 e. The van der Waals surface area contributed by atoms with Gasteiger partial charge in [-0.3, -0.25) is 0 Å². The van der Waals surface area contributed by atoms with E-state index in [9.17, 15) is 0 Å². The van der Waals surface area contributed by atoms with Gasteiger partial charge in [-0.25, -0.2) is 4.98 Å². The highest BCUT2D eigenvalue weighted by molar-refractivity contribution is 7.09. The molecule has 0 saturated carbocycles. The second-order valence-corrected chi connectivity index (χ2v) is 5.56. The summed E-state index contributed by atoms with van der Waals surface area (Å²) in [6, 6.07) is 2.27. The van der Waals surface area contributed by atoms with E-state index < -0.39 is 0 Å². The Morgan fingerprint density at radius 1 is 1.06 bits per heavy atom. The molecular formula is C15H19NS. The van der Waals surface area contributed by atoms with Gasteiger partial charge in [0.2, 0.25) is 0 Å². The van der Waals surface area contributed by atoms with Crippen LogP contribution in [0.1, 0.15) is 34.2 Å². The highest BCUT2D eigenvalue weighted by Gasteiger charge is 2.12. The van der Waals surface area contributed by atoms with Crippen molar-refractivity contribution in [3.05, 3.63) is 38.7 Å². The van der Waals surface area contributed by atoms with Gasteiger partial charge in [0, 0.05) is 10.9 Å². The van der Waals surface area contributed by atoms with Crippen molar-refractivity contribution in [3.63, 3.8) is 0 Å². The first kappa shape index (κ1) is 12.3. The van der Waals surface area contributed by atoms with Crippen molar-refractivity contribution in [1.29, 1.82) is 0 Å². The summed E-state index contributed by atoms with van der Waals surface area (Å²) in [6.07, 6.45) is 1.02. The molecule has 0 atom stereocenters. The lowest BCUT2D eigenvalue weighted by molar-refractivity contribution is 1.09. The SMILES string of the molecule is CCc1nc(-c2c(C)c(C)cc(C)c2C)cs1. The monoisotopic (exact) mass is 245 g/mol. The first-order chi connectivity index (χ1) is 8.04. The lowest BCUT2D eigenvalue weighted by Gasteiger charge is -2.13. The van der Waals surface area contributed by atoms with Crippen LogP contribution in [0.15, 0.2) is 11.4 Å². The molecule has 0 unspecified atom stereocenters. The molecule has 0 fully saturated rings. The van der Waals surface area contributed by atoms with Crippen LogP contribution in [0.25, 0.3) is 11.3 Å². The van der Waals surface area contributed by atoms with E-state index in [1.165, 1.54) is 32.8 Å². The summed E-state index contributed by atoms with van der Waals surface area (Å²) in [5.74, 6) is 0. The Hall–Kier alpha value is -1.15. The maximum Gasteiger partial charge on any atom is 0.0929 e. The van der Waals surface area contributed by atoms with Crippen LogP contribution < -0.4 is 0 Å². The molecule has 0 radical (unpaired) electrons. The van der Waals surface area contributed by atoms with Crippen molar-refractivity contribution in [3.8, 4) is 11.3 Å². The fraction of sp³-hybridized carbons (Fsp3) is 0.400. The molecule has 2 rings (SSSR count). The Balaban J connectivity index is 2.65. The summed E-state index contributed by atoms with van der Waals surface area (Å²) in [4.78, 5) is 4.72. The smallest absolute Gasteiger partial charge is 0.0929 e. The second-order valence-electron chi connectivity index (χ2n) is 4.62. The fourth-order valence-corrected chi connectivity index (χ4v) is 2.93. The van der Waals surface area contributed by atoms with Crippen molar-refractivity contribution in [2.75, 3.05) is 0 Å². The Morgan fingerprint density at radius 3 is 2.12 bits per heavy atom. The molecule has 1 aromatic carbocycles. The zero-order valence-corrected chi connectivity index (χ0v) is 12.0. The minimum atomic E-state index is 1.02. The summed E-state index contributed by atoms with van der Waals surface area (Å²) in [5, 5.41) is 3.41. The number of aryl methyl sites for hydroxylation is 3. The second kappa shape index (κ2) is 4.61. The average Bonchev–Trinajstić information content (AvgIpc) is 2.75. The highest BCUT2D eigenvalue weighted by atomic mass is 32.1. The van der Waals surface area contributed by atoms with Gasteiger partial charge in [-0.2, -0.15) is 0 Å². The Kier molecular flexibility index (Phi) is 3.34. The van der Waals surface area contributed by atoms with Gasteiger partial charge >= 0.3 is 0 Å². The van der Waals surface area contributed by atoms with Crippen LogP contribution in [-0.2, 0) is 6.42 Å². The summed E-state index contributed by atoms with van der Waals surface area (Å²) in [6.45, 7) is 10.9. The van der Waals surface area contributed by atoms with Crippen molar-refractivity contribution in [2.24, 2.45) is 0 Å².